The average Bonchev–Trinajstić information content (AvgIpc) is 2.88. The van der Waals surface area contributed by atoms with Crippen LogP contribution in [0.25, 0.3) is 11.1 Å². The second-order valence-corrected chi connectivity index (χ2v) is 5.17. The first-order valence-electron chi connectivity index (χ1n) is 6.66. The highest BCUT2D eigenvalue weighted by Crippen LogP contribution is 2.33. The summed E-state index contributed by atoms with van der Waals surface area (Å²) in [5.74, 6) is 1.03. The second kappa shape index (κ2) is 7.22. The lowest BCUT2D eigenvalue weighted by Gasteiger charge is -2.07. The fraction of sp³-hybridized carbons (Fsp3) is 0.375. The van der Waals surface area contributed by atoms with Crippen molar-refractivity contribution in [3.05, 3.63) is 41.1 Å². The van der Waals surface area contributed by atoms with Crippen molar-refractivity contribution in [2.75, 3.05) is 6.61 Å². The lowest BCUT2D eigenvalue weighted by Crippen LogP contribution is -1.97. The molecule has 0 unspecified atom stereocenters. The predicted octanol–water partition coefficient (Wildman–Crippen LogP) is 5.37. The molecule has 2 rings (SSSR count). The van der Waals surface area contributed by atoms with Crippen LogP contribution in [-0.2, 0) is 0 Å². The first kappa shape index (κ1) is 13.2. The molecule has 1 aromatic heterocycles. The zero-order chi connectivity index (χ0) is 12.6. The number of hydrogen-bond donors (Lipinski definition) is 0. The molecule has 2 heteroatoms. The van der Waals surface area contributed by atoms with E-state index < -0.39 is 0 Å². The maximum atomic E-state index is 5.89. The average molecular weight is 260 g/mol. The topological polar surface area (TPSA) is 9.23 Å². The summed E-state index contributed by atoms with van der Waals surface area (Å²) < 4.78 is 5.89. The van der Waals surface area contributed by atoms with Crippen LogP contribution in [0, 0.1) is 0 Å². The Labute approximate surface area is 113 Å². The van der Waals surface area contributed by atoms with Gasteiger partial charge < -0.3 is 4.74 Å². The third-order valence-electron chi connectivity index (χ3n) is 2.97. The minimum atomic E-state index is 0.830. The van der Waals surface area contributed by atoms with Crippen molar-refractivity contribution in [3.8, 4) is 16.9 Å². The normalized spacial score (nSPS) is 10.5. The van der Waals surface area contributed by atoms with Gasteiger partial charge >= 0.3 is 0 Å². The molecular formula is C16H20OS. The van der Waals surface area contributed by atoms with E-state index in [2.05, 4.69) is 41.9 Å². The quantitative estimate of drug-likeness (QED) is 0.608. The van der Waals surface area contributed by atoms with E-state index in [-0.39, 0.29) is 0 Å². The first-order valence-corrected chi connectivity index (χ1v) is 7.60. The minimum absolute atomic E-state index is 0.830. The molecule has 18 heavy (non-hydrogen) atoms. The lowest BCUT2D eigenvalue weighted by molar-refractivity contribution is 0.307. The molecule has 1 heterocycles. The Bertz CT molecular complexity index is 447. The number of benzene rings is 1. The van der Waals surface area contributed by atoms with Crippen molar-refractivity contribution in [1.82, 2.24) is 0 Å². The van der Waals surface area contributed by atoms with Crippen LogP contribution < -0.4 is 4.74 Å². The molecule has 0 N–H and O–H groups in total. The summed E-state index contributed by atoms with van der Waals surface area (Å²) >= 11 is 1.70. The molecule has 1 aromatic carbocycles. The Morgan fingerprint density at radius 2 is 1.83 bits per heavy atom. The fourth-order valence-corrected chi connectivity index (χ4v) is 2.71. The van der Waals surface area contributed by atoms with Crippen molar-refractivity contribution in [2.45, 2.75) is 32.6 Å². The van der Waals surface area contributed by atoms with Crippen molar-refractivity contribution < 1.29 is 4.74 Å². The van der Waals surface area contributed by atoms with E-state index in [1.165, 1.54) is 30.4 Å². The second-order valence-electron chi connectivity index (χ2n) is 4.42. The third kappa shape index (κ3) is 3.61. The van der Waals surface area contributed by atoms with Crippen LogP contribution in [0.3, 0.4) is 0 Å². The van der Waals surface area contributed by atoms with Gasteiger partial charge in [-0.2, -0.15) is 0 Å². The number of unbranched alkanes of at least 4 members (excludes halogenated alkanes) is 3. The van der Waals surface area contributed by atoms with E-state index in [4.69, 9.17) is 4.74 Å². The van der Waals surface area contributed by atoms with Gasteiger partial charge in [0.2, 0.25) is 0 Å². The summed E-state index contributed by atoms with van der Waals surface area (Å²) in [6.45, 7) is 3.06. The van der Waals surface area contributed by atoms with E-state index >= 15 is 0 Å². The largest absolute Gasteiger partial charge is 0.492 e. The standard InChI is InChI=1S/C16H20OS/c1-2-3-4-8-11-17-16-13-18-12-15(16)14-9-6-5-7-10-14/h5-7,9-10,12-13H,2-4,8,11H2,1H3. The lowest BCUT2D eigenvalue weighted by atomic mass is 10.1. The van der Waals surface area contributed by atoms with Gasteiger partial charge in [0.1, 0.15) is 5.75 Å². The van der Waals surface area contributed by atoms with Crippen LogP contribution in [0.2, 0.25) is 0 Å². The van der Waals surface area contributed by atoms with Gasteiger partial charge in [0, 0.05) is 16.3 Å². The molecule has 1 nitrogen and oxygen atoms in total. The minimum Gasteiger partial charge on any atom is -0.492 e. The van der Waals surface area contributed by atoms with Gasteiger partial charge in [-0.15, -0.1) is 11.3 Å². The molecule has 0 atom stereocenters. The molecule has 0 aliphatic heterocycles. The molecule has 0 bridgehead atoms. The zero-order valence-corrected chi connectivity index (χ0v) is 11.7. The maximum absolute atomic E-state index is 5.89. The number of thiophene rings is 1. The van der Waals surface area contributed by atoms with Gasteiger partial charge in [0.15, 0.2) is 0 Å². The Hall–Kier alpha value is -1.28. The van der Waals surface area contributed by atoms with Gasteiger partial charge in [0.25, 0.3) is 0 Å². The summed E-state index contributed by atoms with van der Waals surface area (Å²) in [5.41, 5.74) is 2.46. The van der Waals surface area contributed by atoms with Crippen molar-refractivity contribution in [3.63, 3.8) is 0 Å². The zero-order valence-electron chi connectivity index (χ0n) is 10.9. The Kier molecular flexibility index (Phi) is 5.28. The molecule has 0 saturated heterocycles. The molecule has 2 aromatic rings. The van der Waals surface area contributed by atoms with Gasteiger partial charge in [-0.1, -0.05) is 56.5 Å². The van der Waals surface area contributed by atoms with E-state index in [1.54, 1.807) is 11.3 Å². The summed E-state index contributed by atoms with van der Waals surface area (Å²) in [5, 5.41) is 4.26. The summed E-state index contributed by atoms with van der Waals surface area (Å²) in [6.07, 6.45) is 4.99. The van der Waals surface area contributed by atoms with Crippen LogP contribution in [0.15, 0.2) is 41.1 Å². The van der Waals surface area contributed by atoms with Crippen LogP contribution >= 0.6 is 11.3 Å². The summed E-state index contributed by atoms with van der Waals surface area (Å²) in [6, 6.07) is 10.4. The monoisotopic (exact) mass is 260 g/mol. The molecule has 0 radical (unpaired) electrons. The Balaban J connectivity index is 1.92. The molecule has 0 spiro atoms. The third-order valence-corrected chi connectivity index (χ3v) is 3.69. The SMILES string of the molecule is CCCCCCOc1cscc1-c1ccccc1. The smallest absolute Gasteiger partial charge is 0.137 e. The number of hydrogen-bond acceptors (Lipinski definition) is 2. The van der Waals surface area contributed by atoms with Crippen LogP contribution in [0.5, 0.6) is 5.75 Å². The van der Waals surface area contributed by atoms with E-state index in [1.807, 2.05) is 6.07 Å². The Morgan fingerprint density at radius 3 is 2.61 bits per heavy atom. The maximum Gasteiger partial charge on any atom is 0.137 e. The van der Waals surface area contributed by atoms with Crippen molar-refractivity contribution in [2.24, 2.45) is 0 Å². The molecule has 96 valence electrons. The molecule has 0 saturated carbocycles. The first-order chi connectivity index (χ1) is 8.92. The molecule has 0 aliphatic carbocycles. The fourth-order valence-electron chi connectivity index (χ4n) is 1.94. The molecule has 0 amide bonds. The van der Waals surface area contributed by atoms with Crippen LogP contribution in [-0.4, -0.2) is 6.61 Å². The van der Waals surface area contributed by atoms with Crippen molar-refractivity contribution in [1.29, 1.82) is 0 Å². The van der Waals surface area contributed by atoms with E-state index in [0.717, 1.165) is 18.8 Å². The van der Waals surface area contributed by atoms with E-state index in [0.29, 0.717) is 0 Å². The Morgan fingerprint density at radius 1 is 1.00 bits per heavy atom. The highest BCUT2D eigenvalue weighted by molar-refractivity contribution is 7.08. The number of rotatable bonds is 7. The predicted molar refractivity (Wildman–Crippen MR) is 79.4 cm³/mol. The molecule has 0 fully saturated rings. The summed E-state index contributed by atoms with van der Waals surface area (Å²) in [4.78, 5) is 0. The van der Waals surface area contributed by atoms with Crippen LogP contribution in [0.1, 0.15) is 32.6 Å². The molecular weight excluding hydrogens is 240 g/mol. The van der Waals surface area contributed by atoms with Gasteiger partial charge in [0.05, 0.1) is 6.61 Å². The van der Waals surface area contributed by atoms with Crippen molar-refractivity contribution >= 4 is 11.3 Å². The van der Waals surface area contributed by atoms with Crippen LogP contribution in [0.4, 0.5) is 0 Å². The highest BCUT2D eigenvalue weighted by atomic mass is 32.1. The highest BCUT2D eigenvalue weighted by Gasteiger charge is 2.06. The van der Waals surface area contributed by atoms with E-state index in [9.17, 15) is 0 Å². The van der Waals surface area contributed by atoms with Gasteiger partial charge in [-0.3, -0.25) is 0 Å². The van der Waals surface area contributed by atoms with Gasteiger partial charge in [-0.25, -0.2) is 0 Å². The summed E-state index contributed by atoms with van der Waals surface area (Å²) in [7, 11) is 0. The van der Waals surface area contributed by atoms with Gasteiger partial charge in [-0.05, 0) is 12.0 Å². The molecule has 0 aliphatic rings. The number of ether oxygens (including phenoxy) is 1.